The zero-order chi connectivity index (χ0) is 12.3. The van der Waals surface area contributed by atoms with E-state index in [2.05, 4.69) is 19.2 Å². The maximum Gasteiger partial charge on any atom is 0.407 e. The number of carbonyl (C=O) groups is 1. The van der Waals surface area contributed by atoms with Crippen LogP contribution in [0.4, 0.5) is 4.79 Å². The number of alkyl carbamates (subject to hydrolysis) is 1. The van der Waals surface area contributed by atoms with Gasteiger partial charge in [0.15, 0.2) is 0 Å². The third-order valence-electron chi connectivity index (χ3n) is 5.09. The van der Waals surface area contributed by atoms with Crippen LogP contribution in [0.5, 0.6) is 0 Å². The van der Waals surface area contributed by atoms with E-state index >= 15 is 0 Å². The topological polar surface area (TPSA) is 38.3 Å². The van der Waals surface area contributed by atoms with Crippen molar-refractivity contribution in [3.8, 4) is 0 Å². The Bertz CT molecular complexity index is 347. The van der Waals surface area contributed by atoms with Gasteiger partial charge in [0, 0.05) is 7.05 Å². The van der Waals surface area contributed by atoms with Crippen LogP contribution in [0.3, 0.4) is 0 Å². The van der Waals surface area contributed by atoms with Crippen molar-refractivity contribution in [3.05, 3.63) is 0 Å². The highest BCUT2D eigenvalue weighted by atomic mass is 16.6. The zero-order valence-electron chi connectivity index (χ0n) is 11.1. The Morgan fingerprint density at radius 2 is 1.71 bits per heavy atom. The van der Waals surface area contributed by atoms with Crippen LogP contribution >= 0.6 is 0 Å². The van der Waals surface area contributed by atoms with Crippen LogP contribution < -0.4 is 5.32 Å². The highest BCUT2D eigenvalue weighted by molar-refractivity contribution is 5.67. The van der Waals surface area contributed by atoms with Crippen LogP contribution in [0.2, 0.25) is 0 Å². The summed E-state index contributed by atoms with van der Waals surface area (Å²) in [6.07, 6.45) is 6.96. The second-order valence-corrected chi connectivity index (χ2v) is 7.45. The van der Waals surface area contributed by atoms with E-state index in [-0.39, 0.29) is 11.7 Å². The quantitative estimate of drug-likeness (QED) is 0.761. The third-order valence-corrected chi connectivity index (χ3v) is 5.09. The molecule has 96 valence electrons. The molecule has 2 unspecified atom stereocenters. The highest BCUT2D eigenvalue weighted by Crippen LogP contribution is 2.67. The molecule has 0 aromatic carbocycles. The van der Waals surface area contributed by atoms with Crippen LogP contribution in [0.25, 0.3) is 0 Å². The Hall–Kier alpha value is -0.730. The third kappa shape index (κ3) is 1.74. The second-order valence-electron chi connectivity index (χ2n) is 7.45. The highest BCUT2D eigenvalue weighted by Gasteiger charge is 2.61. The molecule has 4 aliphatic rings. The Kier molecular flexibility index (Phi) is 2.13. The molecule has 0 saturated heterocycles. The van der Waals surface area contributed by atoms with Crippen molar-refractivity contribution in [1.82, 2.24) is 5.32 Å². The molecule has 0 spiro atoms. The monoisotopic (exact) mass is 237 g/mol. The summed E-state index contributed by atoms with van der Waals surface area (Å²) in [5.74, 6) is 0.769. The molecule has 3 heteroatoms. The molecule has 0 radical (unpaired) electrons. The fourth-order valence-electron chi connectivity index (χ4n) is 5.70. The molecule has 1 N–H and O–H groups in total. The number of hydrogen-bond acceptors (Lipinski definition) is 2. The summed E-state index contributed by atoms with van der Waals surface area (Å²) < 4.78 is 5.78. The van der Waals surface area contributed by atoms with Crippen LogP contribution in [0.15, 0.2) is 0 Å². The van der Waals surface area contributed by atoms with Crippen molar-refractivity contribution in [2.45, 2.75) is 58.0 Å². The summed E-state index contributed by atoms with van der Waals surface area (Å²) in [6.45, 7) is 4.77. The lowest BCUT2D eigenvalue weighted by molar-refractivity contribution is -0.188. The van der Waals surface area contributed by atoms with E-state index in [0.717, 1.165) is 25.2 Å². The summed E-state index contributed by atoms with van der Waals surface area (Å²) in [5, 5.41) is 2.60. The summed E-state index contributed by atoms with van der Waals surface area (Å²) in [4.78, 5) is 11.6. The lowest BCUT2D eigenvalue weighted by Gasteiger charge is -2.64. The molecule has 4 aliphatic carbocycles. The fourth-order valence-corrected chi connectivity index (χ4v) is 5.70. The number of nitrogens with one attached hydrogen (secondary N) is 1. The molecule has 17 heavy (non-hydrogen) atoms. The Morgan fingerprint density at radius 1 is 1.12 bits per heavy atom. The first kappa shape index (κ1) is 11.4. The Balaban J connectivity index is 1.89. The molecular formula is C14H23NO2. The lowest BCUT2D eigenvalue weighted by atomic mass is 9.43. The van der Waals surface area contributed by atoms with Crippen LogP contribution in [0, 0.1) is 16.7 Å². The first-order valence-corrected chi connectivity index (χ1v) is 6.77. The average Bonchev–Trinajstić information content (AvgIpc) is 2.10. The van der Waals surface area contributed by atoms with E-state index in [0.29, 0.717) is 10.8 Å². The molecule has 4 fully saturated rings. The van der Waals surface area contributed by atoms with Crippen molar-refractivity contribution in [1.29, 1.82) is 0 Å². The van der Waals surface area contributed by atoms with Gasteiger partial charge in [-0.2, -0.15) is 0 Å². The first-order chi connectivity index (χ1) is 7.86. The molecule has 0 aromatic heterocycles. The maximum atomic E-state index is 11.6. The second kappa shape index (κ2) is 3.18. The number of amides is 1. The average molecular weight is 237 g/mol. The van der Waals surface area contributed by atoms with Gasteiger partial charge in [-0.15, -0.1) is 0 Å². The van der Waals surface area contributed by atoms with Crippen molar-refractivity contribution in [2.75, 3.05) is 7.05 Å². The van der Waals surface area contributed by atoms with Gasteiger partial charge in [0.25, 0.3) is 0 Å². The molecule has 4 bridgehead atoms. The van der Waals surface area contributed by atoms with Gasteiger partial charge >= 0.3 is 6.09 Å². The van der Waals surface area contributed by atoms with Gasteiger partial charge in [0.05, 0.1) is 0 Å². The van der Waals surface area contributed by atoms with Crippen molar-refractivity contribution in [3.63, 3.8) is 0 Å². The summed E-state index contributed by atoms with van der Waals surface area (Å²) in [7, 11) is 1.65. The minimum atomic E-state index is -0.251. The van der Waals surface area contributed by atoms with E-state index in [1.807, 2.05) is 0 Å². The molecule has 0 aliphatic heterocycles. The summed E-state index contributed by atoms with van der Waals surface area (Å²) in [5.41, 5.74) is 0.646. The molecule has 4 saturated carbocycles. The number of carbonyl (C=O) groups excluding carboxylic acids is 1. The molecule has 4 rings (SSSR count). The molecule has 0 heterocycles. The minimum Gasteiger partial charge on any atom is -0.443 e. The van der Waals surface area contributed by atoms with Crippen LogP contribution in [0.1, 0.15) is 52.4 Å². The maximum absolute atomic E-state index is 11.6. The zero-order valence-corrected chi connectivity index (χ0v) is 11.1. The van der Waals surface area contributed by atoms with Crippen molar-refractivity contribution >= 4 is 6.09 Å². The van der Waals surface area contributed by atoms with Gasteiger partial charge in [-0.05, 0) is 55.3 Å². The van der Waals surface area contributed by atoms with E-state index in [1.165, 1.54) is 19.3 Å². The molecule has 4 atom stereocenters. The van der Waals surface area contributed by atoms with Gasteiger partial charge < -0.3 is 10.1 Å². The van der Waals surface area contributed by atoms with Gasteiger partial charge in [-0.3, -0.25) is 0 Å². The largest absolute Gasteiger partial charge is 0.443 e. The SMILES string of the molecule is CNC(=O)OC12CC3C[C@@](C)(C1)C[C@](C)(C3)C2. The standard InChI is InChI=1S/C14H23NO2/c1-12-4-10-5-13(2,7-12)9-14(6-10,8-12)17-11(16)15-3/h10H,4-9H2,1-3H3,(H,15,16)/t10?,12-,13+,14?. The first-order valence-electron chi connectivity index (χ1n) is 6.77. The van der Waals surface area contributed by atoms with Gasteiger partial charge in [-0.1, -0.05) is 13.8 Å². The molecule has 3 nitrogen and oxygen atoms in total. The van der Waals surface area contributed by atoms with Crippen molar-refractivity contribution < 1.29 is 9.53 Å². The van der Waals surface area contributed by atoms with E-state index in [1.54, 1.807) is 7.05 Å². The van der Waals surface area contributed by atoms with E-state index in [9.17, 15) is 4.79 Å². The molecule has 0 aromatic rings. The molecular weight excluding hydrogens is 214 g/mol. The fraction of sp³-hybridized carbons (Fsp3) is 0.929. The number of ether oxygens (including phenoxy) is 1. The predicted molar refractivity (Wildman–Crippen MR) is 65.7 cm³/mol. The lowest BCUT2D eigenvalue weighted by Crippen LogP contribution is -2.60. The van der Waals surface area contributed by atoms with E-state index in [4.69, 9.17) is 4.74 Å². The molecule has 1 amide bonds. The van der Waals surface area contributed by atoms with Gasteiger partial charge in [-0.25, -0.2) is 4.79 Å². The van der Waals surface area contributed by atoms with Crippen LogP contribution in [-0.2, 0) is 4.74 Å². The normalized spacial score (nSPS) is 51.4. The smallest absolute Gasteiger partial charge is 0.407 e. The predicted octanol–water partition coefficient (Wildman–Crippen LogP) is 3.09. The Labute approximate surface area is 103 Å². The summed E-state index contributed by atoms with van der Waals surface area (Å²) >= 11 is 0. The number of hydrogen-bond donors (Lipinski definition) is 1. The Morgan fingerprint density at radius 3 is 2.18 bits per heavy atom. The van der Waals surface area contributed by atoms with E-state index < -0.39 is 0 Å². The number of rotatable bonds is 1. The van der Waals surface area contributed by atoms with Gasteiger partial charge in [0.2, 0.25) is 0 Å². The van der Waals surface area contributed by atoms with Crippen LogP contribution in [-0.4, -0.2) is 18.7 Å². The minimum absolute atomic E-state index is 0.164. The van der Waals surface area contributed by atoms with Gasteiger partial charge in [0.1, 0.15) is 5.60 Å². The van der Waals surface area contributed by atoms with Crippen molar-refractivity contribution in [2.24, 2.45) is 16.7 Å². The summed E-state index contributed by atoms with van der Waals surface area (Å²) in [6, 6.07) is 0.